The van der Waals surface area contributed by atoms with Gasteiger partial charge in [-0.15, -0.1) is 0 Å². The number of carbonyl (C=O) groups is 1. The van der Waals surface area contributed by atoms with Crippen molar-refractivity contribution in [2.45, 2.75) is 26.2 Å². The average molecular weight is 244 g/mol. The third kappa shape index (κ3) is 3.41. The minimum Gasteiger partial charge on any atom is -0.494 e. The number of rotatable bonds is 5. The molecular formula is C12H14F2O3. The van der Waals surface area contributed by atoms with Gasteiger partial charge in [-0.25, -0.2) is 4.79 Å². The Bertz CT molecular complexity index is 416. The zero-order valence-corrected chi connectivity index (χ0v) is 9.67. The molecule has 0 bridgehead atoms. The largest absolute Gasteiger partial charge is 0.494 e. The molecule has 0 aliphatic heterocycles. The van der Waals surface area contributed by atoms with Gasteiger partial charge in [-0.3, -0.25) is 0 Å². The highest BCUT2D eigenvalue weighted by molar-refractivity contribution is 5.75. The van der Waals surface area contributed by atoms with E-state index in [1.54, 1.807) is 13.0 Å². The molecule has 1 aromatic carbocycles. The molecule has 1 rings (SSSR count). The average Bonchev–Trinajstić information content (AvgIpc) is 2.21. The molecule has 0 atom stereocenters. The van der Waals surface area contributed by atoms with Crippen LogP contribution < -0.4 is 4.74 Å². The molecule has 0 spiro atoms. The van der Waals surface area contributed by atoms with Gasteiger partial charge in [0.15, 0.2) is 0 Å². The Kier molecular flexibility index (Phi) is 4.04. The second kappa shape index (κ2) is 5.12. The summed E-state index contributed by atoms with van der Waals surface area (Å²) >= 11 is 0. The molecule has 1 aromatic rings. The maximum atomic E-state index is 13.0. The molecule has 0 saturated heterocycles. The Labute approximate surface area is 98.0 Å². The number of carboxylic acid groups (broad SMARTS) is 1. The molecule has 94 valence electrons. The highest BCUT2D eigenvalue weighted by atomic mass is 19.3. The Hall–Kier alpha value is -1.65. The van der Waals surface area contributed by atoms with Gasteiger partial charge in [0.25, 0.3) is 0 Å². The van der Waals surface area contributed by atoms with Crippen LogP contribution in [0.25, 0.3) is 0 Å². The summed E-state index contributed by atoms with van der Waals surface area (Å²) in [6, 6.07) is 4.54. The summed E-state index contributed by atoms with van der Waals surface area (Å²) in [6.07, 6.45) is -0.810. The second-order valence-corrected chi connectivity index (χ2v) is 3.72. The quantitative estimate of drug-likeness (QED) is 0.866. The van der Waals surface area contributed by atoms with Crippen molar-refractivity contribution in [3.8, 4) is 5.75 Å². The topological polar surface area (TPSA) is 46.5 Å². The molecule has 0 amide bonds. The number of aryl methyl sites for hydroxylation is 1. The summed E-state index contributed by atoms with van der Waals surface area (Å²) in [5.74, 6) is -5.22. The molecule has 0 aliphatic carbocycles. The van der Waals surface area contributed by atoms with Crippen molar-refractivity contribution < 1.29 is 23.4 Å². The van der Waals surface area contributed by atoms with Crippen molar-refractivity contribution in [2.75, 3.05) is 6.61 Å². The SMILES string of the molecule is CCOc1ccc(CC(F)(F)C(=O)O)cc1C. The molecule has 0 aliphatic rings. The van der Waals surface area contributed by atoms with Gasteiger partial charge >= 0.3 is 11.9 Å². The van der Waals surface area contributed by atoms with E-state index in [2.05, 4.69) is 0 Å². The maximum absolute atomic E-state index is 13.0. The molecule has 17 heavy (non-hydrogen) atoms. The number of carboxylic acids is 1. The number of aliphatic carboxylic acids is 1. The number of benzene rings is 1. The van der Waals surface area contributed by atoms with E-state index in [-0.39, 0.29) is 5.56 Å². The summed E-state index contributed by atoms with van der Waals surface area (Å²) in [6.45, 7) is 4.05. The van der Waals surface area contributed by atoms with Gasteiger partial charge in [0, 0.05) is 6.42 Å². The lowest BCUT2D eigenvalue weighted by Gasteiger charge is -2.13. The van der Waals surface area contributed by atoms with Crippen molar-refractivity contribution in [3.05, 3.63) is 29.3 Å². The fraction of sp³-hybridized carbons (Fsp3) is 0.417. The number of hydrogen-bond acceptors (Lipinski definition) is 2. The van der Waals surface area contributed by atoms with Crippen molar-refractivity contribution in [1.82, 2.24) is 0 Å². The molecule has 0 heterocycles. The van der Waals surface area contributed by atoms with Crippen LogP contribution >= 0.6 is 0 Å². The molecule has 0 unspecified atom stereocenters. The summed E-state index contributed by atoms with van der Waals surface area (Å²) in [5, 5.41) is 8.34. The normalized spacial score (nSPS) is 11.3. The number of hydrogen-bond donors (Lipinski definition) is 1. The number of ether oxygens (including phenoxy) is 1. The maximum Gasteiger partial charge on any atom is 0.374 e. The van der Waals surface area contributed by atoms with Crippen LogP contribution in [0.3, 0.4) is 0 Å². The minimum absolute atomic E-state index is 0.276. The molecule has 0 fully saturated rings. The van der Waals surface area contributed by atoms with E-state index in [9.17, 15) is 13.6 Å². The highest BCUT2D eigenvalue weighted by Gasteiger charge is 2.38. The first kappa shape index (κ1) is 13.4. The Balaban J connectivity index is 2.87. The van der Waals surface area contributed by atoms with Crippen molar-refractivity contribution >= 4 is 5.97 Å². The minimum atomic E-state index is -3.74. The van der Waals surface area contributed by atoms with E-state index in [0.29, 0.717) is 17.9 Å². The lowest BCUT2D eigenvalue weighted by Crippen LogP contribution is -2.30. The molecule has 0 saturated carbocycles. The Morgan fingerprint density at radius 3 is 2.59 bits per heavy atom. The van der Waals surface area contributed by atoms with Gasteiger partial charge in [-0.05, 0) is 31.0 Å². The molecular weight excluding hydrogens is 230 g/mol. The fourth-order valence-corrected chi connectivity index (χ4v) is 1.47. The van der Waals surface area contributed by atoms with E-state index in [1.165, 1.54) is 12.1 Å². The fourth-order valence-electron chi connectivity index (χ4n) is 1.47. The van der Waals surface area contributed by atoms with E-state index in [4.69, 9.17) is 9.84 Å². The van der Waals surface area contributed by atoms with E-state index in [0.717, 1.165) is 0 Å². The lowest BCUT2D eigenvalue weighted by molar-refractivity contribution is -0.164. The second-order valence-electron chi connectivity index (χ2n) is 3.72. The van der Waals surface area contributed by atoms with Crippen LogP contribution in [0.1, 0.15) is 18.1 Å². The Morgan fingerprint density at radius 2 is 2.12 bits per heavy atom. The van der Waals surface area contributed by atoms with Crippen molar-refractivity contribution in [2.24, 2.45) is 0 Å². The van der Waals surface area contributed by atoms with Gasteiger partial charge in [0.05, 0.1) is 6.61 Å². The summed E-state index contributed by atoms with van der Waals surface area (Å²) < 4.78 is 31.2. The van der Waals surface area contributed by atoms with E-state index >= 15 is 0 Å². The van der Waals surface area contributed by atoms with Gasteiger partial charge in [0.1, 0.15) is 5.75 Å². The van der Waals surface area contributed by atoms with Crippen LogP contribution in [0.2, 0.25) is 0 Å². The van der Waals surface area contributed by atoms with Gasteiger partial charge < -0.3 is 9.84 Å². The summed E-state index contributed by atoms with van der Waals surface area (Å²) in [4.78, 5) is 10.3. The highest BCUT2D eigenvalue weighted by Crippen LogP contribution is 2.24. The zero-order chi connectivity index (χ0) is 13.1. The summed E-state index contributed by atoms with van der Waals surface area (Å²) in [5.41, 5.74) is 0.990. The first-order valence-corrected chi connectivity index (χ1v) is 5.20. The van der Waals surface area contributed by atoms with Crippen LogP contribution in [0, 0.1) is 6.92 Å². The standard InChI is InChI=1S/C12H14F2O3/c1-3-17-10-5-4-9(6-8(10)2)7-12(13,14)11(15)16/h4-6H,3,7H2,1-2H3,(H,15,16). The molecule has 5 heteroatoms. The van der Waals surface area contributed by atoms with Crippen LogP contribution in [0.15, 0.2) is 18.2 Å². The van der Waals surface area contributed by atoms with E-state index < -0.39 is 18.3 Å². The number of halogens is 2. The molecule has 0 aromatic heterocycles. The zero-order valence-electron chi connectivity index (χ0n) is 9.67. The first-order chi connectivity index (χ1) is 7.86. The molecule has 0 radical (unpaired) electrons. The van der Waals surface area contributed by atoms with Crippen LogP contribution in [0.4, 0.5) is 8.78 Å². The van der Waals surface area contributed by atoms with Gasteiger partial charge in [-0.2, -0.15) is 8.78 Å². The van der Waals surface area contributed by atoms with Crippen molar-refractivity contribution in [1.29, 1.82) is 0 Å². The first-order valence-electron chi connectivity index (χ1n) is 5.20. The molecule has 3 nitrogen and oxygen atoms in total. The summed E-state index contributed by atoms with van der Waals surface area (Å²) in [7, 11) is 0. The van der Waals surface area contributed by atoms with Crippen LogP contribution in [0.5, 0.6) is 5.75 Å². The van der Waals surface area contributed by atoms with E-state index in [1.807, 2.05) is 6.92 Å². The van der Waals surface area contributed by atoms with Crippen molar-refractivity contribution in [3.63, 3.8) is 0 Å². The Morgan fingerprint density at radius 1 is 1.47 bits per heavy atom. The van der Waals surface area contributed by atoms with Crippen LogP contribution in [-0.2, 0) is 11.2 Å². The molecule has 1 N–H and O–H groups in total. The van der Waals surface area contributed by atoms with Crippen LogP contribution in [-0.4, -0.2) is 23.6 Å². The monoisotopic (exact) mass is 244 g/mol. The predicted molar refractivity (Wildman–Crippen MR) is 58.6 cm³/mol. The smallest absolute Gasteiger partial charge is 0.374 e. The predicted octanol–water partition coefficient (Wildman–Crippen LogP) is 2.66. The van der Waals surface area contributed by atoms with Gasteiger partial charge in [-0.1, -0.05) is 12.1 Å². The third-order valence-electron chi connectivity index (χ3n) is 2.28. The third-order valence-corrected chi connectivity index (χ3v) is 2.28. The number of alkyl halides is 2. The van der Waals surface area contributed by atoms with Gasteiger partial charge in [0.2, 0.25) is 0 Å². The lowest BCUT2D eigenvalue weighted by atomic mass is 10.0.